The zero-order valence-corrected chi connectivity index (χ0v) is 18.7. The Hall–Kier alpha value is -2.93. The van der Waals surface area contributed by atoms with E-state index in [1.165, 1.54) is 24.6 Å². The summed E-state index contributed by atoms with van der Waals surface area (Å²) in [5.74, 6) is 1.53. The zero-order valence-electron chi connectivity index (χ0n) is 18.7. The van der Waals surface area contributed by atoms with Gasteiger partial charge in [-0.3, -0.25) is 9.79 Å². The maximum atomic E-state index is 12.1. The Morgan fingerprint density at radius 1 is 1.38 bits per heavy atom. The molecule has 3 unspecified atom stereocenters. The fourth-order valence-electron chi connectivity index (χ4n) is 5.52. The number of nitrogens with zero attached hydrogens (tertiary/aromatic N) is 3. The molecule has 0 saturated heterocycles. The van der Waals surface area contributed by atoms with E-state index in [1.54, 1.807) is 4.52 Å². The first-order valence-electron chi connectivity index (χ1n) is 11.5. The molecule has 32 heavy (non-hydrogen) atoms. The first-order valence-corrected chi connectivity index (χ1v) is 11.5. The standard InChI is InChI=1S/C25H31N5O2/c1-25(2)18(9-16-10-21(16)25)12-28-23-20(24(26)32)13-29-30-14-17(11-22(23)30)15-3-5-19(6-4-15)27-7-8-31/h3,5,11-14,16,18,21,27,31H,4,6-10H2,1-2H3,(H2,26,32). The van der Waals surface area contributed by atoms with Crippen LogP contribution in [-0.2, 0) is 0 Å². The van der Waals surface area contributed by atoms with Crippen molar-refractivity contribution in [3.63, 3.8) is 0 Å². The van der Waals surface area contributed by atoms with Gasteiger partial charge in [0.25, 0.3) is 5.91 Å². The highest BCUT2D eigenvalue weighted by Gasteiger charge is 2.57. The molecule has 3 aliphatic carbocycles. The van der Waals surface area contributed by atoms with E-state index in [0.717, 1.165) is 41.5 Å². The van der Waals surface area contributed by atoms with Crippen molar-refractivity contribution in [1.29, 1.82) is 0 Å². The van der Waals surface area contributed by atoms with Gasteiger partial charge in [0, 0.05) is 24.7 Å². The van der Waals surface area contributed by atoms with E-state index in [0.29, 0.717) is 23.7 Å². The van der Waals surface area contributed by atoms with E-state index >= 15 is 0 Å². The molecular weight excluding hydrogens is 402 g/mol. The molecule has 0 spiro atoms. The van der Waals surface area contributed by atoms with E-state index in [-0.39, 0.29) is 12.0 Å². The lowest BCUT2D eigenvalue weighted by molar-refractivity contribution is 0.100. The maximum Gasteiger partial charge on any atom is 0.252 e. The summed E-state index contributed by atoms with van der Waals surface area (Å²) in [5, 5.41) is 16.6. The maximum absolute atomic E-state index is 12.1. The highest BCUT2D eigenvalue weighted by molar-refractivity contribution is 6.02. The minimum atomic E-state index is -0.511. The van der Waals surface area contributed by atoms with E-state index in [1.807, 2.05) is 12.4 Å². The van der Waals surface area contributed by atoms with Crippen molar-refractivity contribution in [2.45, 2.75) is 39.5 Å². The largest absolute Gasteiger partial charge is 0.395 e. The van der Waals surface area contributed by atoms with Crippen LogP contribution in [0.1, 0.15) is 55.5 Å². The third kappa shape index (κ3) is 3.64. The first kappa shape index (κ1) is 20.9. The van der Waals surface area contributed by atoms with Crippen molar-refractivity contribution < 1.29 is 9.90 Å². The van der Waals surface area contributed by atoms with Crippen LogP contribution < -0.4 is 11.1 Å². The fraction of sp³-hybridized carbons (Fsp3) is 0.480. The van der Waals surface area contributed by atoms with Crippen LogP contribution in [0.2, 0.25) is 0 Å². The lowest BCUT2D eigenvalue weighted by Crippen LogP contribution is -2.23. The summed E-state index contributed by atoms with van der Waals surface area (Å²) in [6.07, 6.45) is 14.0. The van der Waals surface area contributed by atoms with Gasteiger partial charge in [0.15, 0.2) is 0 Å². The fourth-order valence-corrected chi connectivity index (χ4v) is 5.52. The number of carbonyl (C=O) groups excluding carboxylic acids is 1. The predicted octanol–water partition coefficient (Wildman–Crippen LogP) is 3.46. The number of fused-ring (bicyclic) bond motifs is 2. The molecule has 2 fully saturated rings. The number of carbonyl (C=O) groups is 1. The zero-order chi connectivity index (χ0) is 22.5. The Morgan fingerprint density at radius 3 is 2.88 bits per heavy atom. The molecule has 2 saturated carbocycles. The SMILES string of the molecule is CC1(C)C(C=Nc2c(C(N)=O)cnn3cc(C4=CC=C(NCCO)CC4)cc23)CC2CC21. The van der Waals surface area contributed by atoms with Gasteiger partial charge in [0.1, 0.15) is 5.69 Å². The minimum Gasteiger partial charge on any atom is -0.395 e. The van der Waals surface area contributed by atoms with Crippen LogP contribution in [0.4, 0.5) is 5.69 Å². The van der Waals surface area contributed by atoms with Crippen LogP contribution >= 0.6 is 0 Å². The van der Waals surface area contributed by atoms with Crippen molar-refractivity contribution in [3.05, 3.63) is 47.4 Å². The van der Waals surface area contributed by atoms with E-state index in [9.17, 15) is 4.79 Å². The highest BCUT2D eigenvalue weighted by atomic mass is 16.3. The topological polar surface area (TPSA) is 105 Å². The summed E-state index contributed by atoms with van der Waals surface area (Å²) in [5.41, 5.74) is 11.1. The van der Waals surface area contributed by atoms with Crippen LogP contribution in [0.5, 0.6) is 0 Å². The summed E-state index contributed by atoms with van der Waals surface area (Å²) < 4.78 is 1.79. The minimum absolute atomic E-state index is 0.120. The predicted molar refractivity (Wildman–Crippen MR) is 126 cm³/mol. The number of hydrogen-bond acceptors (Lipinski definition) is 5. The quantitative estimate of drug-likeness (QED) is 0.582. The number of aliphatic hydroxyl groups excluding tert-OH is 1. The van der Waals surface area contributed by atoms with Gasteiger partial charge >= 0.3 is 0 Å². The third-order valence-corrected chi connectivity index (χ3v) is 7.63. The molecule has 0 bridgehead atoms. The van der Waals surface area contributed by atoms with Gasteiger partial charge in [-0.25, -0.2) is 4.52 Å². The van der Waals surface area contributed by atoms with Crippen LogP contribution in [0.25, 0.3) is 11.1 Å². The van der Waals surface area contributed by atoms with Gasteiger partial charge in [-0.1, -0.05) is 19.9 Å². The first-order chi connectivity index (χ1) is 15.4. The molecule has 0 aliphatic heterocycles. The van der Waals surface area contributed by atoms with E-state index in [2.05, 4.69) is 42.5 Å². The molecule has 2 aromatic heterocycles. The van der Waals surface area contributed by atoms with Gasteiger partial charge in [-0.15, -0.1) is 0 Å². The Bertz CT molecular complexity index is 1160. The monoisotopic (exact) mass is 433 g/mol. The number of nitrogens with one attached hydrogen (secondary N) is 1. The number of amides is 1. The molecule has 3 atom stereocenters. The highest BCUT2D eigenvalue weighted by Crippen LogP contribution is 2.64. The third-order valence-electron chi connectivity index (χ3n) is 7.63. The van der Waals surface area contributed by atoms with Crippen LogP contribution in [0.15, 0.2) is 41.3 Å². The van der Waals surface area contributed by atoms with Crippen molar-refractivity contribution >= 4 is 28.9 Å². The lowest BCUT2D eigenvalue weighted by atomic mass is 9.78. The summed E-state index contributed by atoms with van der Waals surface area (Å²) in [6.45, 7) is 5.35. The average Bonchev–Trinajstić information content (AvgIpc) is 3.36. The lowest BCUT2D eigenvalue weighted by Gasteiger charge is -2.27. The number of hydrogen-bond donors (Lipinski definition) is 3. The van der Waals surface area contributed by atoms with Crippen molar-refractivity contribution in [3.8, 4) is 0 Å². The molecule has 2 aromatic rings. The molecule has 0 radical (unpaired) electrons. The number of rotatable bonds is 7. The number of aromatic nitrogens is 2. The summed E-state index contributed by atoms with van der Waals surface area (Å²) in [4.78, 5) is 17.0. The van der Waals surface area contributed by atoms with Gasteiger partial charge in [0.05, 0.1) is 23.9 Å². The molecule has 7 heteroatoms. The second-order valence-corrected chi connectivity index (χ2v) is 9.91. The Kier molecular flexibility index (Phi) is 5.16. The number of allylic oxidation sites excluding steroid dienone is 4. The number of primary amides is 1. The number of aliphatic imine (C=N–C) groups is 1. The summed E-state index contributed by atoms with van der Waals surface area (Å²) >= 11 is 0. The second kappa shape index (κ2) is 7.89. The van der Waals surface area contributed by atoms with Gasteiger partial charge in [0.2, 0.25) is 0 Å². The van der Waals surface area contributed by atoms with Gasteiger partial charge in [-0.2, -0.15) is 5.10 Å². The van der Waals surface area contributed by atoms with Crippen LogP contribution in [0, 0.1) is 23.2 Å². The Labute approximate surface area is 188 Å². The average molecular weight is 434 g/mol. The van der Waals surface area contributed by atoms with Crippen molar-refractivity contribution in [2.24, 2.45) is 33.9 Å². The molecule has 2 heterocycles. The van der Waals surface area contributed by atoms with Gasteiger partial charge in [-0.05, 0) is 72.1 Å². The molecule has 7 nitrogen and oxygen atoms in total. The second-order valence-electron chi connectivity index (χ2n) is 9.91. The molecule has 1 amide bonds. The normalized spacial score (nSPS) is 26.2. The summed E-state index contributed by atoms with van der Waals surface area (Å²) in [6, 6.07) is 2.05. The van der Waals surface area contributed by atoms with E-state index < -0.39 is 5.91 Å². The Morgan fingerprint density at radius 2 is 2.22 bits per heavy atom. The van der Waals surface area contributed by atoms with E-state index in [4.69, 9.17) is 15.8 Å². The Balaban J connectivity index is 1.48. The van der Waals surface area contributed by atoms with Crippen LogP contribution in [0.3, 0.4) is 0 Å². The number of aliphatic hydroxyl groups is 1. The van der Waals surface area contributed by atoms with Crippen molar-refractivity contribution in [2.75, 3.05) is 13.2 Å². The summed E-state index contributed by atoms with van der Waals surface area (Å²) in [7, 11) is 0. The molecule has 168 valence electrons. The van der Waals surface area contributed by atoms with Gasteiger partial charge < -0.3 is 16.2 Å². The molecule has 4 N–H and O–H groups in total. The molecular formula is C25H31N5O2. The molecule has 0 aromatic carbocycles. The van der Waals surface area contributed by atoms with Crippen molar-refractivity contribution in [1.82, 2.24) is 14.9 Å². The molecule has 5 rings (SSSR count). The smallest absolute Gasteiger partial charge is 0.252 e. The van der Waals surface area contributed by atoms with Crippen LogP contribution in [-0.4, -0.2) is 40.0 Å². The molecule has 3 aliphatic rings. The number of nitrogens with two attached hydrogens (primary N) is 1.